The number of anilines is 1. The Labute approximate surface area is 169 Å². The number of fused-ring (bicyclic) bond motifs is 1. The molecular formula is C24H22N4O. The van der Waals surface area contributed by atoms with Gasteiger partial charge in [0.15, 0.2) is 11.6 Å². The second-order valence-corrected chi connectivity index (χ2v) is 6.65. The Kier molecular flexibility index (Phi) is 5.20. The van der Waals surface area contributed by atoms with E-state index in [1.807, 2.05) is 55.6 Å². The highest BCUT2D eigenvalue weighted by Crippen LogP contribution is 2.35. The van der Waals surface area contributed by atoms with E-state index in [2.05, 4.69) is 39.7 Å². The van der Waals surface area contributed by atoms with Gasteiger partial charge in [-0.05, 0) is 41.8 Å². The molecule has 0 aliphatic carbocycles. The van der Waals surface area contributed by atoms with Gasteiger partial charge in [0, 0.05) is 18.3 Å². The van der Waals surface area contributed by atoms with E-state index in [4.69, 9.17) is 10.5 Å². The third-order valence-electron chi connectivity index (χ3n) is 4.71. The van der Waals surface area contributed by atoms with E-state index in [-0.39, 0.29) is 0 Å². The second kappa shape index (κ2) is 8.10. The third kappa shape index (κ3) is 3.80. The lowest BCUT2D eigenvalue weighted by Gasteiger charge is -2.16. The summed E-state index contributed by atoms with van der Waals surface area (Å²) in [6, 6.07) is 20.2. The van der Waals surface area contributed by atoms with Gasteiger partial charge in [-0.15, -0.1) is 0 Å². The van der Waals surface area contributed by atoms with Crippen LogP contribution in [0.2, 0.25) is 0 Å². The molecule has 4 rings (SSSR count). The van der Waals surface area contributed by atoms with E-state index in [0.29, 0.717) is 30.4 Å². The highest BCUT2D eigenvalue weighted by Gasteiger charge is 2.17. The number of rotatable bonds is 6. The van der Waals surface area contributed by atoms with E-state index in [1.165, 1.54) is 0 Å². The number of hydrogen-bond donors (Lipinski definition) is 1. The van der Waals surface area contributed by atoms with Crippen molar-refractivity contribution in [2.75, 3.05) is 12.3 Å². The largest absolute Gasteiger partial charge is 0.491 e. The molecule has 144 valence electrons. The number of nitrogen functional groups attached to an aromatic ring is 1. The Morgan fingerprint density at radius 2 is 1.79 bits per heavy atom. The first-order valence-electron chi connectivity index (χ1n) is 9.54. The van der Waals surface area contributed by atoms with Gasteiger partial charge in [0.05, 0.1) is 17.5 Å². The molecule has 0 atom stereocenters. The van der Waals surface area contributed by atoms with Crippen LogP contribution in [0.5, 0.6) is 0 Å². The molecule has 2 heterocycles. The average molecular weight is 382 g/mol. The molecule has 0 aliphatic rings. The minimum absolute atomic E-state index is 0.410. The molecule has 5 heteroatoms. The predicted molar refractivity (Wildman–Crippen MR) is 117 cm³/mol. The van der Waals surface area contributed by atoms with Gasteiger partial charge < -0.3 is 10.5 Å². The van der Waals surface area contributed by atoms with E-state index in [0.717, 1.165) is 33.3 Å². The summed E-state index contributed by atoms with van der Waals surface area (Å²) in [5.74, 6) is 1.24. The monoisotopic (exact) mass is 382 g/mol. The summed E-state index contributed by atoms with van der Waals surface area (Å²) in [6.45, 7) is 6.30. The summed E-state index contributed by atoms with van der Waals surface area (Å²) >= 11 is 0. The molecule has 0 saturated heterocycles. The van der Waals surface area contributed by atoms with Gasteiger partial charge in [0.2, 0.25) is 0 Å². The van der Waals surface area contributed by atoms with E-state index >= 15 is 0 Å². The van der Waals surface area contributed by atoms with Crippen molar-refractivity contribution in [1.29, 1.82) is 0 Å². The van der Waals surface area contributed by atoms with Gasteiger partial charge in [-0.2, -0.15) is 0 Å². The van der Waals surface area contributed by atoms with Crippen molar-refractivity contribution in [3.05, 3.63) is 90.5 Å². The van der Waals surface area contributed by atoms with Gasteiger partial charge in [-0.3, -0.25) is 4.98 Å². The van der Waals surface area contributed by atoms with Crippen molar-refractivity contribution in [1.82, 2.24) is 15.0 Å². The predicted octanol–water partition coefficient (Wildman–Crippen LogP) is 4.87. The quantitative estimate of drug-likeness (QED) is 0.482. The maximum atomic E-state index is 6.43. The summed E-state index contributed by atoms with van der Waals surface area (Å²) in [4.78, 5) is 13.6. The number of hydrogen-bond acceptors (Lipinski definition) is 5. The van der Waals surface area contributed by atoms with Crippen LogP contribution in [-0.4, -0.2) is 21.6 Å². The number of aromatic nitrogens is 3. The standard InChI is InChI=1S/C24H22N4O/c1-3-29-16(2)24-27-20-13-12-18(15-19-11-7-8-14-26-19)21(22(20)23(25)28-24)17-9-5-4-6-10-17/h4-14H,2-3,15H2,1H3,(H2,25,27,28). The maximum Gasteiger partial charge on any atom is 0.196 e. The smallest absolute Gasteiger partial charge is 0.196 e. The third-order valence-corrected chi connectivity index (χ3v) is 4.71. The molecule has 0 aliphatic heterocycles. The Morgan fingerprint density at radius 3 is 2.52 bits per heavy atom. The summed E-state index contributed by atoms with van der Waals surface area (Å²) in [6.07, 6.45) is 2.50. The zero-order valence-electron chi connectivity index (χ0n) is 16.3. The minimum atomic E-state index is 0.410. The van der Waals surface area contributed by atoms with Crippen molar-refractivity contribution < 1.29 is 4.74 Å². The molecule has 4 aromatic rings. The average Bonchev–Trinajstić information content (AvgIpc) is 2.75. The zero-order chi connectivity index (χ0) is 20.2. The van der Waals surface area contributed by atoms with Crippen LogP contribution in [0.15, 0.2) is 73.4 Å². The van der Waals surface area contributed by atoms with Crippen LogP contribution < -0.4 is 5.73 Å². The summed E-state index contributed by atoms with van der Waals surface area (Å²) < 4.78 is 5.47. The van der Waals surface area contributed by atoms with Crippen LogP contribution >= 0.6 is 0 Å². The number of pyridine rings is 1. The molecule has 2 N–H and O–H groups in total. The Bertz CT molecular complexity index is 1160. The maximum absolute atomic E-state index is 6.43. The fourth-order valence-electron chi connectivity index (χ4n) is 3.44. The van der Waals surface area contributed by atoms with Crippen molar-refractivity contribution in [3.63, 3.8) is 0 Å². The van der Waals surface area contributed by atoms with Crippen LogP contribution in [0, 0.1) is 0 Å². The van der Waals surface area contributed by atoms with Crippen molar-refractivity contribution >= 4 is 22.5 Å². The molecule has 0 saturated carbocycles. The molecular weight excluding hydrogens is 360 g/mol. The van der Waals surface area contributed by atoms with Gasteiger partial charge >= 0.3 is 0 Å². The lowest BCUT2D eigenvalue weighted by molar-refractivity contribution is 0.296. The minimum Gasteiger partial charge on any atom is -0.491 e. The molecule has 2 aromatic heterocycles. The van der Waals surface area contributed by atoms with E-state index in [9.17, 15) is 0 Å². The van der Waals surface area contributed by atoms with E-state index in [1.54, 1.807) is 0 Å². The molecule has 29 heavy (non-hydrogen) atoms. The number of ether oxygens (including phenoxy) is 1. The fraction of sp³-hybridized carbons (Fsp3) is 0.125. The Hall–Kier alpha value is -3.73. The molecule has 5 nitrogen and oxygen atoms in total. The van der Waals surface area contributed by atoms with Crippen LogP contribution in [-0.2, 0) is 11.2 Å². The second-order valence-electron chi connectivity index (χ2n) is 6.65. The lowest BCUT2D eigenvalue weighted by atomic mass is 9.92. The first kappa shape index (κ1) is 18.6. The van der Waals surface area contributed by atoms with Crippen molar-refractivity contribution in [2.45, 2.75) is 13.3 Å². The van der Waals surface area contributed by atoms with Crippen molar-refractivity contribution in [3.8, 4) is 11.1 Å². The molecule has 2 aromatic carbocycles. The SMILES string of the molecule is C=C(OCC)c1nc(N)c2c(-c3ccccc3)c(Cc3ccccn3)ccc2n1. The molecule has 0 spiro atoms. The molecule has 0 radical (unpaired) electrons. The van der Waals surface area contributed by atoms with Crippen LogP contribution in [0.3, 0.4) is 0 Å². The van der Waals surface area contributed by atoms with Gasteiger partial charge in [-0.25, -0.2) is 9.97 Å². The van der Waals surface area contributed by atoms with Gasteiger partial charge in [0.1, 0.15) is 5.82 Å². The lowest BCUT2D eigenvalue weighted by Crippen LogP contribution is -2.05. The number of nitrogens with zero attached hydrogens (tertiary/aromatic N) is 3. The summed E-state index contributed by atoms with van der Waals surface area (Å²) in [7, 11) is 0. The first-order valence-corrected chi connectivity index (χ1v) is 9.54. The summed E-state index contributed by atoms with van der Waals surface area (Å²) in [5.41, 5.74) is 11.4. The topological polar surface area (TPSA) is 73.9 Å². The fourth-order valence-corrected chi connectivity index (χ4v) is 3.44. The number of benzene rings is 2. The van der Waals surface area contributed by atoms with Gasteiger partial charge in [-0.1, -0.05) is 49.0 Å². The van der Waals surface area contributed by atoms with Crippen LogP contribution in [0.4, 0.5) is 5.82 Å². The zero-order valence-corrected chi connectivity index (χ0v) is 16.3. The van der Waals surface area contributed by atoms with Gasteiger partial charge in [0.25, 0.3) is 0 Å². The van der Waals surface area contributed by atoms with E-state index < -0.39 is 0 Å². The van der Waals surface area contributed by atoms with Crippen LogP contribution in [0.25, 0.3) is 27.8 Å². The molecule has 0 amide bonds. The molecule has 0 fully saturated rings. The first-order chi connectivity index (χ1) is 14.2. The van der Waals surface area contributed by atoms with Crippen molar-refractivity contribution in [2.24, 2.45) is 0 Å². The molecule has 0 unspecified atom stereocenters. The number of nitrogens with two attached hydrogens (primary N) is 1. The van der Waals surface area contributed by atoms with Crippen LogP contribution in [0.1, 0.15) is 24.0 Å². The normalized spacial score (nSPS) is 10.8. The highest BCUT2D eigenvalue weighted by atomic mass is 16.5. The molecule has 0 bridgehead atoms. The Morgan fingerprint density at radius 1 is 1.00 bits per heavy atom. The summed E-state index contributed by atoms with van der Waals surface area (Å²) in [5, 5.41) is 0.831. The Balaban J connectivity index is 1.93. The highest BCUT2D eigenvalue weighted by molar-refractivity contribution is 6.03.